The van der Waals surface area contributed by atoms with Crippen molar-refractivity contribution in [1.29, 1.82) is 0 Å². The van der Waals surface area contributed by atoms with Gasteiger partial charge in [-0.25, -0.2) is 4.79 Å². The van der Waals surface area contributed by atoms with E-state index < -0.39 is 0 Å². The molecule has 0 amide bonds. The Bertz CT molecular complexity index is 1470. The van der Waals surface area contributed by atoms with Crippen molar-refractivity contribution >= 4 is 34.3 Å². The molecule has 0 radical (unpaired) electrons. The lowest BCUT2D eigenvalue weighted by molar-refractivity contribution is 0.388. The number of hydrogen-bond acceptors (Lipinski definition) is 5. The van der Waals surface area contributed by atoms with Crippen molar-refractivity contribution in [1.82, 2.24) is 18.6 Å². The van der Waals surface area contributed by atoms with Crippen molar-refractivity contribution in [2.75, 3.05) is 20.6 Å². The molecular formula is C24H25ClN4O3S. The van der Waals surface area contributed by atoms with Crippen LogP contribution in [-0.4, -0.2) is 44.5 Å². The van der Waals surface area contributed by atoms with Crippen molar-refractivity contribution in [3.63, 3.8) is 0 Å². The Labute approximate surface area is 200 Å². The molecule has 4 heterocycles. The summed E-state index contributed by atoms with van der Waals surface area (Å²) in [5.41, 5.74) is 2.68. The molecule has 0 aliphatic carbocycles. The van der Waals surface area contributed by atoms with E-state index in [4.69, 9.17) is 16.0 Å². The monoisotopic (exact) mass is 484 g/mol. The van der Waals surface area contributed by atoms with Gasteiger partial charge in [0, 0.05) is 32.4 Å². The highest BCUT2D eigenvalue weighted by Gasteiger charge is 2.37. The minimum Gasteiger partial charge on any atom is -0.448 e. The zero-order valence-electron chi connectivity index (χ0n) is 18.9. The van der Waals surface area contributed by atoms with Crippen LogP contribution in [0.5, 0.6) is 0 Å². The van der Waals surface area contributed by atoms with Crippen molar-refractivity contribution < 1.29 is 4.42 Å². The number of furan rings is 1. The fourth-order valence-corrected chi connectivity index (χ4v) is 6.56. The van der Waals surface area contributed by atoms with E-state index in [9.17, 15) is 9.59 Å². The molecule has 0 fully saturated rings. The molecular weight excluding hydrogens is 460 g/mol. The third kappa shape index (κ3) is 3.57. The average molecular weight is 485 g/mol. The minimum absolute atomic E-state index is 0.214. The van der Waals surface area contributed by atoms with Gasteiger partial charge in [-0.3, -0.25) is 13.9 Å². The van der Waals surface area contributed by atoms with E-state index in [1.807, 2.05) is 36.4 Å². The van der Waals surface area contributed by atoms with Crippen molar-refractivity contribution in [2.24, 2.45) is 14.1 Å². The minimum atomic E-state index is -0.350. The smallest absolute Gasteiger partial charge is 0.331 e. The van der Waals surface area contributed by atoms with Crippen LogP contribution in [0, 0.1) is 0 Å². The van der Waals surface area contributed by atoms with Gasteiger partial charge < -0.3 is 13.9 Å². The maximum absolute atomic E-state index is 13.5. The Morgan fingerprint density at radius 3 is 2.45 bits per heavy atom. The van der Waals surface area contributed by atoms with Gasteiger partial charge in [-0.15, -0.1) is 11.8 Å². The largest absolute Gasteiger partial charge is 0.448 e. The zero-order chi connectivity index (χ0) is 23.4. The number of benzene rings is 1. The Balaban J connectivity index is 1.92. The van der Waals surface area contributed by atoms with Gasteiger partial charge >= 0.3 is 5.69 Å². The van der Waals surface area contributed by atoms with Crippen LogP contribution in [0.25, 0.3) is 22.2 Å². The van der Waals surface area contributed by atoms with Crippen LogP contribution >= 0.6 is 23.4 Å². The molecule has 1 aliphatic heterocycles. The molecule has 2 atom stereocenters. The SMILES string of the molecule is CN(C)C[C@H]1Cn2c(-c3ccccc3)c3c(=O)n(C)c(=O)n(C)c3c2[C@H](c2ccc(Cl)o2)S1. The number of aromatic nitrogens is 3. The number of hydrogen-bond donors (Lipinski definition) is 0. The van der Waals surface area contributed by atoms with Crippen LogP contribution in [0.2, 0.25) is 5.22 Å². The maximum atomic E-state index is 13.5. The van der Waals surface area contributed by atoms with E-state index in [0.29, 0.717) is 28.4 Å². The van der Waals surface area contributed by atoms with Gasteiger partial charge in [0.15, 0.2) is 5.22 Å². The van der Waals surface area contributed by atoms with Gasteiger partial charge in [0.2, 0.25) is 0 Å². The molecule has 33 heavy (non-hydrogen) atoms. The second kappa shape index (κ2) is 8.27. The highest BCUT2D eigenvalue weighted by Crippen LogP contribution is 2.49. The third-order valence-corrected chi connectivity index (χ3v) is 7.75. The predicted molar refractivity (Wildman–Crippen MR) is 133 cm³/mol. The van der Waals surface area contributed by atoms with E-state index in [2.05, 4.69) is 23.6 Å². The van der Waals surface area contributed by atoms with Crippen LogP contribution in [-0.2, 0) is 20.6 Å². The van der Waals surface area contributed by atoms with Gasteiger partial charge in [-0.2, -0.15) is 0 Å². The van der Waals surface area contributed by atoms with Crippen LogP contribution in [0.1, 0.15) is 16.7 Å². The van der Waals surface area contributed by atoms with Crippen molar-refractivity contribution in [3.05, 3.63) is 80.0 Å². The van der Waals surface area contributed by atoms with Crippen molar-refractivity contribution in [2.45, 2.75) is 17.0 Å². The summed E-state index contributed by atoms with van der Waals surface area (Å²) >= 11 is 7.93. The molecule has 1 aliphatic rings. The first-order chi connectivity index (χ1) is 15.8. The summed E-state index contributed by atoms with van der Waals surface area (Å²) in [6.07, 6.45) is 0. The first kappa shape index (κ1) is 22.1. The summed E-state index contributed by atoms with van der Waals surface area (Å²) < 4.78 is 10.9. The number of halogens is 1. The number of thioether (sulfide) groups is 1. The number of fused-ring (bicyclic) bond motifs is 3. The van der Waals surface area contributed by atoms with E-state index in [-0.39, 0.29) is 21.7 Å². The van der Waals surface area contributed by atoms with E-state index in [0.717, 1.165) is 23.5 Å². The normalized spacial score (nSPS) is 18.2. The van der Waals surface area contributed by atoms with Crippen LogP contribution in [0.15, 0.2) is 56.5 Å². The quantitative estimate of drug-likeness (QED) is 0.441. The molecule has 172 valence electrons. The molecule has 0 saturated heterocycles. The van der Waals surface area contributed by atoms with Gasteiger partial charge in [-0.1, -0.05) is 30.3 Å². The number of nitrogens with zero attached hydrogens (tertiary/aromatic N) is 4. The third-order valence-electron chi connectivity index (χ3n) is 6.14. The van der Waals surface area contributed by atoms with E-state index in [1.165, 1.54) is 11.6 Å². The zero-order valence-corrected chi connectivity index (χ0v) is 20.5. The number of aryl methyl sites for hydroxylation is 1. The Hall–Kier alpha value is -2.68. The molecule has 0 N–H and O–H groups in total. The maximum Gasteiger partial charge on any atom is 0.331 e. The second-order valence-corrected chi connectivity index (χ2v) is 10.5. The van der Waals surface area contributed by atoms with Crippen LogP contribution in [0.3, 0.4) is 0 Å². The van der Waals surface area contributed by atoms with Crippen LogP contribution < -0.4 is 11.2 Å². The molecule has 3 aromatic heterocycles. The molecule has 0 saturated carbocycles. The van der Waals surface area contributed by atoms with E-state index >= 15 is 0 Å². The van der Waals surface area contributed by atoms with Gasteiger partial charge in [0.1, 0.15) is 11.0 Å². The van der Waals surface area contributed by atoms with Gasteiger partial charge in [-0.05, 0) is 43.4 Å². The van der Waals surface area contributed by atoms with Gasteiger partial charge in [0.25, 0.3) is 5.56 Å². The molecule has 5 rings (SSSR count). The summed E-state index contributed by atoms with van der Waals surface area (Å²) in [5.74, 6) is 0.710. The highest BCUT2D eigenvalue weighted by atomic mass is 35.5. The summed E-state index contributed by atoms with van der Waals surface area (Å²) in [7, 11) is 7.36. The molecule has 1 aromatic carbocycles. The Morgan fingerprint density at radius 2 is 1.82 bits per heavy atom. The van der Waals surface area contributed by atoms with Crippen LogP contribution in [0.4, 0.5) is 0 Å². The Kier molecular flexibility index (Phi) is 5.55. The predicted octanol–water partition coefficient (Wildman–Crippen LogP) is 3.72. The van der Waals surface area contributed by atoms with Crippen molar-refractivity contribution in [3.8, 4) is 11.3 Å². The summed E-state index contributed by atoms with van der Waals surface area (Å²) in [6.45, 7) is 1.56. The second-order valence-electron chi connectivity index (χ2n) is 8.68. The first-order valence-corrected chi connectivity index (χ1v) is 12.0. The highest BCUT2D eigenvalue weighted by molar-refractivity contribution is 8.00. The number of rotatable bonds is 4. The summed E-state index contributed by atoms with van der Waals surface area (Å²) in [6, 6.07) is 13.5. The Morgan fingerprint density at radius 1 is 1.09 bits per heavy atom. The lowest BCUT2D eigenvalue weighted by Gasteiger charge is -2.33. The first-order valence-electron chi connectivity index (χ1n) is 10.7. The molecule has 0 unspecified atom stereocenters. The fraction of sp³-hybridized carbons (Fsp3) is 0.333. The topological polar surface area (TPSA) is 65.3 Å². The van der Waals surface area contributed by atoms with Gasteiger partial charge in [0.05, 0.1) is 22.3 Å². The summed E-state index contributed by atoms with van der Waals surface area (Å²) in [4.78, 5) is 28.6. The van der Waals surface area contributed by atoms with E-state index in [1.54, 1.807) is 29.4 Å². The lowest BCUT2D eigenvalue weighted by atomic mass is 10.1. The molecule has 0 spiro atoms. The summed E-state index contributed by atoms with van der Waals surface area (Å²) in [5, 5.41) is 0.894. The lowest BCUT2D eigenvalue weighted by Crippen LogP contribution is -2.37. The average Bonchev–Trinajstić information content (AvgIpc) is 3.37. The standard InChI is InChI=1S/C24H25ClN4O3S/c1-26(2)12-15-13-29-19(14-8-6-5-7-9-14)18-20(27(3)24(31)28(4)23(18)30)21(29)22(33-15)16-10-11-17(25)32-16/h5-11,15,22H,12-13H2,1-4H3/t15-,22-/m0/s1. The fourth-order valence-electron chi connectivity index (χ4n) is 4.77. The molecule has 9 heteroatoms. The molecule has 7 nitrogen and oxygen atoms in total. The molecule has 4 aromatic rings. The molecule has 0 bridgehead atoms.